The third-order valence-electron chi connectivity index (χ3n) is 6.15. The number of methoxy groups -OCH3 is 3. The highest BCUT2D eigenvalue weighted by molar-refractivity contribution is 6.14. The highest BCUT2D eigenvalue weighted by atomic mass is 19.1. The topological polar surface area (TPSA) is 107 Å². The van der Waals surface area contributed by atoms with Crippen molar-refractivity contribution in [2.75, 3.05) is 26.6 Å². The van der Waals surface area contributed by atoms with Crippen LogP contribution in [0.3, 0.4) is 0 Å². The molecular weight excluding hydrogens is 479 g/mol. The number of halogens is 1. The molecule has 5 rings (SSSR count). The Labute approximate surface area is 210 Å². The molecule has 37 heavy (non-hydrogen) atoms. The van der Waals surface area contributed by atoms with Gasteiger partial charge in [0.05, 0.1) is 37.8 Å². The van der Waals surface area contributed by atoms with Crippen molar-refractivity contribution in [3.8, 4) is 28.6 Å². The molecule has 0 bridgehead atoms. The van der Waals surface area contributed by atoms with Crippen LogP contribution in [0.25, 0.3) is 33.2 Å². The number of H-pyrrole nitrogens is 1. The van der Waals surface area contributed by atoms with Crippen LogP contribution in [0.2, 0.25) is 0 Å². The Morgan fingerprint density at radius 1 is 0.973 bits per heavy atom. The SMILES string of the molecule is COc1cc(NC(=O)c2c(-c3nc4ccccc4c(=O)[nH]3)c3cc(F)ccc3n2C)cc(OC)c1OC. The van der Waals surface area contributed by atoms with E-state index in [1.165, 1.54) is 33.5 Å². The van der Waals surface area contributed by atoms with Crippen molar-refractivity contribution in [3.63, 3.8) is 0 Å². The fourth-order valence-electron chi connectivity index (χ4n) is 4.47. The molecule has 0 spiro atoms. The van der Waals surface area contributed by atoms with E-state index in [1.807, 2.05) is 0 Å². The number of aromatic amines is 1. The summed E-state index contributed by atoms with van der Waals surface area (Å²) in [6.45, 7) is 0. The molecule has 9 nitrogen and oxygen atoms in total. The normalized spacial score (nSPS) is 11.1. The fraction of sp³-hybridized carbons (Fsp3) is 0.148. The first-order valence-electron chi connectivity index (χ1n) is 11.2. The van der Waals surface area contributed by atoms with E-state index in [0.29, 0.717) is 50.3 Å². The molecule has 2 aromatic heterocycles. The minimum absolute atomic E-state index is 0.148. The van der Waals surface area contributed by atoms with E-state index in [9.17, 15) is 14.0 Å². The number of benzene rings is 3. The Kier molecular flexibility index (Phi) is 6.00. The van der Waals surface area contributed by atoms with Crippen molar-refractivity contribution < 1.29 is 23.4 Å². The van der Waals surface area contributed by atoms with Crippen LogP contribution in [0, 0.1) is 5.82 Å². The molecule has 188 valence electrons. The molecule has 0 saturated heterocycles. The first-order chi connectivity index (χ1) is 17.9. The van der Waals surface area contributed by atoms with Gasteiger partial charge < -0.3 is 29.1 Å². The quantitative estimate of drug-likeness (QED) is 0.354. The van der Waals surface area contributed by atoms with Crippen LogP contribution >= 0.6 is 0 Å². The van der Waals surface area contributed by atoms with Crippen molar-refractivity contribution >= 4 is 33.4 Å². The van der Waals surface area contributed by atoms with E-state index >= 15 is 0 Å². The maximum Gasteiger partial charge on any atom is 0.273 e. The van der Waals surface area contributed by atoms with Crippen molar-refractivity contribution in [3.05, 3.63) is 76.5 Å². The summed E-state index contributed by atoms with van der Waals surface area (Å²) in [5.41, 5.74) is 1.51. The molecule has 10 heteroatoms. The summed E-state index contributed by atoms with van der Waals surface area (Å²) in [7, 11) is 6.12. The molecule has 0 fully saturated rings. The number of fused-ring (bicyclic) bond motifs is 2. The largest absolute Gasteiger partial charge is 0.493 e. The lowest BCUT2D eigenvalue weighted by atomic mass is 10.1. The van der Waals surface area contributed by atoms with Gasteiger partial charge in [-0.3, -0.25) is 9.59 Å². The number of anilines is 1. The first kappa shape index (κ1) is 23.9. The number of carbonyl (C=O) groups is 1. The number of nitrogens with zero attached hydrogens (tertiary/aromatic N) is 2. The number of amides is 1. The smallest absolute Gasteiger partial charge is 0.273 e. The van der Waals surface area contributed by atoms with E-state index < -0.39 is 11.7 Å². The van der Waals surface area contributed by atoms with Gasteiger partial charge in [0.1, 0.15) is 17.3 Å². The van der Waals surface area contributed by atoms with Gasteiger partial charge in [0.2, 0.25) is 5.75 Å². The predicted octanol–water partition coefficient (Wildman–Crippen LogP) is 4.50. The van der Waals surface area contributed by atoms with E-state index in [0.717, 1.165) is 0 Å². The lowest BCUT2D eigenvalue weighted by molar-refractivity contribution is 0.102. The number of aryl methyl sites for hydroxylation is 1. The highest BCUT2D eigenvalue weighted by Crippen LogP contribution is 2.40. The molecule has 0 aliphatic heterocycles. The van der Waals surface area contributed by atoms with Crippen LogP contribution in [-0.4, -0.2) is 41.8 Å². The van der Waals surface area contributed by atoms with Gasteiger partial charge in [0.25, 0.3) is 11.5 Å². The minimum Gasteiger partial charge on any atom is -0.493 e. The minimum atomic E-state index is -0.515. The number of hydrogen-bond donors (Lipinski definition) is 2. The zero-order chi connectivity index (χ0) is 26.3. The van der Waals surface area contributed by atoms with Crippen LogP contribution in [0.15, 0.2) is 59.4 Å². The third kappa shape index (κ3) is 4.02. The number of nitrogens with one attached hydrogen (secondary N) is 2. The molecule has 1 amide bonds. The first-order valence-corrected chi connectivity index (χ1v) is 11.2. The maximum atomic E-state index is 14.3. The average Bonchev–Trinajstić information content (AvgIpc) is 3.19. The van der Waals surface area contributed by atoms with Gasteiger partial charge in [0, 0.05) is 35.8 Å². The molecule has 2 N–H and O–H groups in total. The zero-order valence-electron chi connectivity index (χ0n) is 20.5. The van der Waals surface area contributed by atoms with Crippen molar-refractivity contribution in [2.45, 2.75) is 0 Å². The standard InChI is InChI=1S/C27H23FN4O5/c1-32-19-10-9-14(28)11-17(19)22(25-30-18-8-6-5-7-16(18)26(33)31-25)23(32)27(34)29-15-12-20(35-2)24(37-4)21(13-15)36-3/h5-13H,1-4H3,(H,29,34)(H,30,31,33). The zero-order valence-corrected chi connectivity index (χ0v) is 20.5. The molecule has 5 aromatic rings. The lowest BCUT2D eigenvalue weighted by Gasteiger charge is -2.15. The molecule has 0 atom stereocenters. The van der Waals surface area contributed by atoms with E-state index in [4.69, 9.17) is 14.2 Å². The monoisotopic (exact) mass is 502 g/mol. The number of hydrogen-bond acceptors (Lipinski definition) is 6. The summed E-state index contributed by atoms with van der Waals surface area (Å²) in [6, 6.07) is 14.3. The molecule has 0 aliphatic rings. The highest BCUT2D eigenvalue weighted by Gasteiger charge is 2.26. The summed E-state index contributed by atoms with van der Waals surface area (Å²) < 4.78 is 32.1. The van der Waals surface area contributed by atoms with Crippen LogP contribution in [0.4, 0.5) is 10.1 Å². The predicted molar refractivity (Wildman–Crippen MR) is 138 cm³/mol. The van der Waals surface area contributed by atoms with Gasteiger partial charge in [0.15, 0.2) is 11.5 Å². The van der Waals surface area contributed by atoms with E-state index in [1.54, 1.807) is 54.1 Å². The van der Waals surface area contributed by atoms with Crippen LogP contribution in [0.1, 0.15) is 10.5 Å². The van der Waals surface area contributed by atoms with E-state index in [-0.39, 0.29) is 17.1 Å². The van der Waals surface area contributed by atoms with Crippen LogP contribution in [0.5, 0.6) is 17.2 Å². The summed E-state index contributed by atoms with van der Waals surface area (Å²) in [5.74, 6) is 0.240. The molecule has 3 aromatic carbocycles. The second-order valence-corrected chi connectivity index (χ2v) is 8.24. The molecule has 0 radical (unpaired) electrons. The van der Waals surface area contributed by atoms with Crippen LogP contribution in [-0.2, 0) is 7.05 Å². The fourth-order valence-corrected chi connectivity index (χ4v) is 4.47. The van der Waals surface area contributed by atoms with Crippen LogP contribution < -0.4 is 25.1 Å². The van der Waals surface area contributed by atoms with Crippen molar-refractivity contribution in [1.82, 2.24) is 14.5 Å². The Morgan fingerprint density at radius 2 is 1.68 bits per heavy atom. The molecule has 0 unspecified atom stereocenters. The second kappa shape index (κ2) is 9.30. The molecule has 0 saturated carbocycles. The Bertz CT molecular complexity index is 1720. The maximum absolute atomic E-state index is 14.3. The van der Waals surface area contributed by atoms with Crippen molar-refractivity contribution in [2.24, 2.45) is 7.05 Å². The van der Waals surface area contributed by atoms with Gasteiger partial charge >= 0.3 is 0 Å². The Balaban J connectivity index is 1.71. The summed E-state index contributed by atoms with van der Waals surface area (Å²) in [4.78, 5) is 33.9. The Hall–Kier alpha value is -4.86. The average molecular weight is 503 g/mol. The number of carbonyl (C=O) groups excluding carboxylic acids is 1. The number of aromatic nitrogens is 3. The van der Waals surface area contributed by atoms with Gasteiger partial charge in [-0.25, -0.2) is 9.37 Å². The molecule has 0 aliphatic carbocycles. The molecule has 2 heterocycles. The van der Waals surface area contributed by atoms with Gasteiger partial charge in [-0.1, -0.05) is 12.1 Å². The lowest BCUT2D eigenvalue weighted by Crippen LogP contribution is -2.18. The summed E-state index contributed by atoms with van der Waals surface area (Å²) in [5, 5.41) is 3.68. The van der Waals surface area contributed by atoms with Crippen molar-refractivity contribution in [1.29, 1.82) is 0 Å². The van der Waals surface area contributed by atoms with Gasteiger partial charge in [-0.2, -0.15) is 0 Å². The number of ether oxygens (including phenoxy) is 3. The third-order valence-corrected chi connectivity index (χ3v) is 6.15. The molecular formula is C27H23FN4O5. The summed E-state index contributed by atoms with van der Waals surface area (Å²) >= 11 is 0. The summed E-state index contributed by atoms with van der Waals surface area (Å²) in [6.07, 6.45) is 0. The second-order valence-electron chi connectivity index (χ2n) is 8.24. The number of para-hydroxylation sites is 1. The van der Waals surface area contributed by atoms with E-state index in [2.05, 4.69) is 15.3 Å². The van der Waals surface area contributed by atoms with Gasteiger partial charge in [-0.15, -0.1) is 0 Å². The number of rotatable bonds is 6. The Morgan fingerprint density at radius 3 is 2.35 bits per heavy atom. The van der Waals surface area contributed by atoms with Gasteiger partial charge in [-0.05, 0) is 30.3 Å².